The number of imidazole rings is 1. The summed E-state index contributed by atoms with van der Waals surface area (Å²) in [5.41, 5.74) is 1.55. The maximum Gasteiger partial charge on any atom is 0.320 e. The molecule has 0 aliphatic heterocycles. The molecule has 2 N–H and O–H groups in total. The Morgan fingerprint density at radius 2 is 2.23 bits per heavy atom. The Bertz CT molecular complexity index is 1100. The number of aryl methyl sites for hydroxylation is 1. The first kappa shape index (κ1) is 16.3. The van der Waals surface area contributed by atoms with Gasteiger partial charge in [-0.3, -0.25) is 19.8 Å². The van der Waals surface area contributed by atoms with Gasteiger partial charge in [-0.15, -0.1) is 0 Å². The molecule has 0 radical (unpaired) electrons. The molecule has 132 valence electrons. The Morgan fingerprint density at radius 3 is 3.04 bits per heavy atom. The van der Waals surface area contributed by atoms with Crippen molar-refractivity contribution in [2.24, 2.45) is 0 Å². The first-order valence-corrected chi connectivity index (χ1v) is 8.38. The van der Waals surface area contributed by atoms with Gasteiger partial charge in [0.2, 0.25) is 0 Å². The summed E-state index contributed by atoms with van der Waals surface area (Å²) >= 11 is 1.09. The summed E-state index contributed by atoms with van der Waals surface area (Å²) in [6, 6.07) is 5.26. The molecule has 1 aromatic carbocycles. The van der Waals surface area contributed by atoms with Crippen molar-refractivity contribution in [1.82, 2.24) is 24.7 Å². The highest BCUT2D eigenvalue weighted by Gasteiger charge is 2.20. The van der Waals surface area contributed by atoms with Gasteiger partial charge < -0.3 is 0 Å². The second-order valence-corrected chi connectivity index (χ2v) is 6.46. The van der Waals surface area contributed by atoms with E-state index in [1.807, 2.05) is 6.07 Å². The van der Waals surface area contributed by atoms with E-state index in [2.05, 4.69) is 25.5 Å². The van der Waals surface area contributed by atoms with E-state index in [1.54, 1.807) is 25.3 Å². The van der Waals surface area contributed by atoms with Gasteiger partial charge >= 0.3 is 6.55 Å². The highest BCUT2D eigenvalue weighted by molar-refractivity contribution is 7.19. The van der Waals surface area contributed by atoms with Crippen molar-refractivity contribution in [3.63, 3.8) is 0 Å². The number of fused-ring (bicyclic) bond motifs is 1. The molecule has 0 saturated heterocycles. The molecular weight excluding hydrogens is 362 g/mol. The molecule has 0 atom stereocenters. The summed E-state index contributed by atoms with van der Waals surface area (Å²) in [6.45, 7) is -1.02. The summed E-state index contributed by atoms with van der Waals surface area (Å²) < 4.78 is 26.9. The van der Waals surface area contributed by atoms with Crippen LogP contribution < -0.4 is 5.32 Å². The molecule has 0 bridgehead atoms. The van der Waals surface area contributed by atoms with Crippen LogP contribution in [0.15, 0.2) is 36.8 Å². The van der Waals surface area contributed by atoms with E-state index in [0.29, 0.717) is 26.8 Å². The number of halogens is 2. The number of anilines is 1. The van der Waals surface area contributed by atoms with Crippen LogP contribution in [-0.4, -0.2) is 30.6 Å². The van der Waals surface area contributed by atoms with Gasteiger partial charge in [-0.25, -0.2) is 9.97 Å². The Balaban J connectivity index is 1.65. The molecular formula is C16H12F2N6OS. The molecule has 1 amide bonds. The van der Waals surface area contributed by atoms with E-state index in [-0.39, 0.29) is 11.7 Å². The van der Waals surface area contributed by atoms with Gasteiger partial charge in [-0.05, 0) is 13.0 Å². The summed E-state index contributed by atoms with van der Waals surface area (Å²) in [5, 5.41) is 10.5. The van der Waals surface area contributed by atoms with E-state index in [4.69, 9.17) is 0 Å². The third-order valence-electron chi connectivity index (χ3n) is 3.82. The second-order valence-electron chi connectivity index (χ2n) is 5.46. The van der Waals surface area contributed by atoms with Gasteiger partial charge in [-0.1, -0.05) is 23.5 Å². The van der Waals surface area contributed by atoms with Gasteiger partial charge in [0.25, 0.3) is 5.91 Å². The molecule has 4 rings (SSSR count). The minimum atomic E-state index is -2.70. The number of benzene rings is 1. The number of nitrogens with one attached hydrogen (secondary N) is 2. The highest BCUT2D eigenvalue weighted by Crippen LogP contribution is 2.33. The van der Waals surface area contributed by atoms with Crippen LogP contribution in [0.4, 0.5) is 13.9 Å². The van der Waals surface area contributed by atoms with E-state index in [0.717, 1.165) is 21.3 Å². The van der Waals surface area contributed by atoms with E-state index >= 15 is 0 Å². The summed E-state index contributed by atoms with van der Waals surface area (Å²) in [4.78, 5) is 21.3. The minimum absolute atomic E-state index is 0.117. The normalized spacial score (nSPS) is 11.4. The molecule has 0 spiro atoms. The number of carbonyl (C=O) groups is 1. The quantitative estimate of drug-likeness (QED) is 0.568. The Morgan fingerprint density at radius 1 is 1.38 bits per heavy atom. The van der Waals surface area contributed by atoms with Crippen LogP contribution in [0.1, 0.15) is 22.6 Å². The van der Waals surface area contributed by atoms with Crippen LogP contribution in [0.2, 0.25) is 0 Å². The van der Waals surface area contributed by atoms with Crippen LogP contribution in [0, 0.1) is 6.92 Å². The average molecular weight is 374 g/mol. The second kappa shape index (κ2) is 6.30. The summed E-state index contributed by atoms with van der Waals surface area (Å²) in [5.74, 6) is -0.247. The zero-order valence-corrected chi connectivity index (χ0v) is 14.2. The molecule has 26 heavy (non-hydrogen) atoms. The highest BCUT2D eigenvalue weighted by atomic mass is 32.1. The maximum atomic E-state index is 13.1. The van der Waals surface area contributed by atoms with Crippen LogP contribution in [0.5, 0.6) is 0 Å². The summed E-state index contributed by atoms with van der Waals surface area (Å²) in [7, 11) is 0. The summed E-state index contributed by atoms with van der Waals surface area (Å²) in [6.07, 6.45) is 4.14. The number of hydrogen-bond donors (Lipinski definition) is 2. The Labute approximate surface area is 149 Å². The lowest BCUT2D eigenvalue weighted by atomic mass is 10.1. The van der Waals surface area contributed by atoms with Crippen LogP contribution in [-0.2, 0) is 0 Å². The zero-order chi connectivity index (χ0) is 18.3. The fraction of sp³-hybridized carbons (Fsp3) is 0.125. The maximum absolute atomic E-state index is 13.1. The van der Waals surface area contributed by atoms with E-state index in [9.17, 15) is 13.6 Å². The van der Waals surface area contributed by atoms with Gasteiger partial charge in [0.05, 0.1) is 27.8 Å². The van der Waals surface area contributed by atoms with Crippen molar-refractivity contribution >= 4 is 33.3 Å². The van der Waals surface area contributed by atoms with Crippen LogP contribution in [0.25, 0.3) is 21.6 Å². The van der Waals surface area contributed by atoms with Crippen LogP contribution >= 0.6 is 11.3 Å². The van der Waals surface area contributed by atoms with Crippen LogP contribution in [0.3, 0.4) is 0 Å². The fourth-order valence-corrected chi connectivity index (χ4v) is 3.59. The van der Waals surface area contributed by atoms with Crippen molar-refractivity contribution in [3.05, 3.63) is 48.0 Å². The SMILES string of the molecule is Cc1nc(NC(=O)c2cccc3cn[nH]c23)sc1-c1nccn1C(F)F. The van der Waals surface area contributed by atoms with E-state index in [1.165, 1.54) is 12.4 Å². The fourth-order valence-electron chi connectivity index (χ4n) is 2.63. The number of aromatic amines is 1. The van der Waals surface area contributed by atoms with Gasteiger partial charge in [-0.2, -0.15) is 13.9 Å². The van der Waals surface area contributed by atoms with Gasteiger partial charge in [0.15, 0.2) is 11.0 Å². The van der Waals surface area contributed by atoms with Gasteiger partial charge in [0, 0.05) is 17.8 Å². The van der Waals surface area contributed by atoms with Gasteiger partial charge in [0.1, 0.15) is 0 Å². The number of aromatic nitrogens is 5. The lowest BCUT2D eigenvalue weighted by molar-refractivity contribution is 0.0720. The molecule has 7 nitrogen and oxygen atoms in total. The Hall–Kier alpha value is -3.14. The monoisotopic (exact) mass is 374 g/mol. The molecule has 0 saturated carbocycles. The number of carbonyl (C=O) groups excluding carboxylic acids is 1. The molecule has 0 unspecified atom stereocenters. The van der Waals surface area contributed by atoms with Crippen molar-refractivity contribution in [2.45, 2.75) is 13.5 Å². The smallest absolute Gasteiger partial charge is 0.298 e. The predicted octanol–water partition coefficient (Wildman–Crippen LogP) is 3.84. The van der Waals surface area contributed by atoms with Crippen molar-refractivity contribution in [1.29, 1.82) is 0 Å². The standard InChI is InChI=1S/C16H12F2N6OS/c1-8-12(13-19-5-6-24(13)15(17)18)26-16(21-8)22-14(25)10-4-2-3-9-7-20-23-11(9)10/h2-7,15H,1H3,(H,20,23)(H,21,22,25). The molecule has 0 aliphatic carbocycles. The molecule has 3 aromatic heterocycles. The van der Waals surface area contributed by atoms with Crippen molar-refractivity contribution in [3.8, 4) is 10.7 Å². The topological polar surface area (TPSA) is 88.5 Å². The zero-order valence-electron chi connectivity index (χ0n) is 13.4. The van der Waals surface area contributed by atoms with Crippen molar-refractivity contribution < 1.29 is 13.6 Å². The number of thiazole rings is 1. The third kappa shape index (κ3) is 2.73. The molecule has 0 fully saturated rings. The number of alkyl halides is 2. The Kier molecular flexibility index (Phi) is 3.96. The molecule has 4 aromatic rings. The molecule has 10 heteroatoms. The lowest BCUT2D eigenvalue weighted by Crippen LogP contribution is -2.12. The number of rotatable bonds is 4. The first-order valence-electron chi connectivity index (χ1n) is 7.57. The molecule has 3 heterocycles. The molecule has 0 aliphatic rings. The number of H-pyrrole nitrogens is 1. The third-order valence-corrected chi connectivity index (χ3v) is 4.89. The first-order chi connectivity index (χ1) is 12.5. The largest absolute Gasteiger partial charge is 0.320 e. The van der Waals surface area contributed by atoms with E-state index < -0.39 is 6.55 Å². The van der Waals surface area contributed by atoms with Crippen molar-refractivity contribution in [2.75, 3.05) is 5.32 Å². The number of nitrogens with zero attached hydrogens (tertiary/aromatic N) is 4. The number of amides is 1. The number of para-hydroxylation sites is 1. The average Bonchev–Trinajstić information content (AvgIpc) is 3.32. The minimum Gasteiger partial charge on any atom is -0.298 e. The predicted molar refractivity (Wildman–Crippen MR) is 93.4 cm³/mol. The number of hydrogen-bond acceptors (Lipinski definition) is 5. The lowest BCUT2D eigenvalue weighted by Gasteiger charge is -2.04.